The van der Waals surface area contributed by atoms with E-state index in [1.165, 1.54) is 12.3 Å². The average Bonchev–Trinajstić information content (AvgIpc) is 2.63. The van der Waals surface area contributed by atoms with Gasteiger partial charge >= 0.3 is 6.18 Å². The first-order chi connectivity index (χ1) is 12.0. The van der Waals surface area contributed by atoms with Gasteiger partial charge in [0.1, 0.15) is 17.1 Å². The lowest BCUT2D eigenvalue weighted by molar-refractivity contribution is -0.141. The van der Waals surface area contributed by atoms with Crippen LogP contribution in [0.25, 0.3) is 0 Å². The van der Waals surface area contributed by atoms with E-state index in [4.69, 9.17) is 4.74 Å². The Morgan fingerprint density at radius 3 is 2.52 bits per heavy atom. The molecule has 0 radical (unpaired) electrons. The van der Waals surface area contributed by atoms with Crippen molar-refractivity contribution in [2.75, 3.05) is 25.1 Å². The van der Waals surface area contributed by atoms with Crippen molar-refractivity contribution in [3.63, 3.8) is 0 Å². The van der Waals surface area contributed by atoms with E-state index in [0.29, 0.717) is 11.4 Å². The second-order valence-corrected chi connectivity index (χ2v) is 5.80. The van der Waals surface area contributed by atoms with Crippen LogP contribution in [0.2, 0.25) is 0 Å². The third-order valence-electron chi connectivity index (χ3n) is 4.23. The number of rotatable bonds is 4. The van der Waals surface area contributed by atoms with Crippen LogP contribution < -0.4 is 15.0 Å². The van der Waals surface area contributed by atoms with Crippen molar-refractivity contribution >= 4 is 11.4 Å². The molecule has 0 unspecified atom stereocenters. The zero-order valence-electron chi connectivity index (χ0n) is 13.8. The minimum Gasteiger partial charge on any atom is -0.494 e. The van der Waals surface area contributed by atoms with Crippen molar-refractivity contribution in [3.05, 3.63) is 42.5 Å². The molecule has 0 aromatic carbocycles. The van der Waals surface area contributed by atoms with Crippen LogP contribution in [0.1, 0.15) is 18.5 Å². The summed E-state index contributed by atoms with van der Waals surface area (Å²) in [6, 6.07) is 4.31. The molecule has 1 fully saturated rings. The molecule has 1 aliphatic heterocycles. The van der Waals surface area contributed by atoms with Gasteiger partial charge in [0.2, 0.25) is 0 Å². The molecular formula is C17H19F3N4O. The third-order valence-corrected chi connectivity index (χ3v) is 4.23. The van der Waals surface area contributed by atoms with Crippen molar-refractivity contribution in [2.45, 2.75) is 25.1 Å². The van der Waals surface area contributed by atoms with Crippen molar-refractivity contribution in [1.82, 2.24) is 15.3 Å². The molecule has 0 spiro atoms. The summed E-state index contributed by atoms with van der Waals surface area (Å²) in [7, 11) is 1.56. The second-order valence-electron chi connectivity index (χ2n) is 5.80. The van der Waals surface area contributed by atoms with E-state index >= 15 is 0 Å². The summed E-state index contributed by atoms with van der Waals surface area (Å²) in [5.74, 6) is 0.619. The number of aromatic nitrogens is 2. The highest BCUT2D eigenvalue weighted by Crippen LogP contribution is 2.37. The highest BCUT2D eigenvalue weighted by atomic mass is 19.4. The van der Waals surface area contributed by atoms with E-state index in [1.807, 2.05) is 4.90 Å². The summed E-state index contributed by atoms with van der Waals surface area (Å²) in [5.41, 5.74) is 0.407. The number of nitrogens with one attached hydrogen (secondary N) is 1. The van der Waals surface area contributed by atoms with Gasteiger partial charge in [-0.05, 0) is 38.1 Å². The lowest BCUT2D eigenvalue weighted by Gasteiger charge is -2.36. The third kappa shape index (κ3) is 3.84. The summed E-state index contributed by atoms with van der Waals surface area (Å²) in [4.78, 5) is 9.73. The maximum atomic E-state index is 12.8. The van der Waals surface area contributed by atoms with Crippen LogP contribution in [0.4, 0.5) is 24.5 Å². The fraction of sp³-hybridized carbons (Fsp3) is 0.412. The SMILES string of the molecule is COc1ccncc1N(c1ccc(C(F)(F)F)nc1)C1CCNCC1. The number of halogens is 3. The van der Waals surface area contributed by atoms with Gasteiger partial charge in [-0.25, -0.2) is 4.98 Å². The monoisotopic (exact) mass is 352 g/mol. The molecule has 25 heavy (non-hydrogen) atoms. The lowest BCUT2D eigenvalue weighted by Crippen LogP contribution is -2.41. The van der Waals surface area contributed by atoms with Gasteiger partial charge < -0.3 is 15.0 Å². The first kappa shape index (κ1) is 17.5. The molecule has 1 aliphatic rings. The minimum absolute atomic E-state index is 0.123. The number of methoxy groups -OCH3 is 1. The number of hydrogen-bond acceptors (Lipinski definition) is 5. The highest BCUT2D eigenvalue weighted by Gasteiger charge is 2.33. The summed E-state index contributed by atoms with van der Waals surface area (Å²) >= 11 is 0. The molecule has 0 saturated carbocycles. The van der Waals surface area contributed by atoms with Gasteiger partial charge in [0.25, 0.3) is 0 Å². The maximum Gasteiger partial charge on any atom is 0.433 e. The summed E-state index contributed by atoms with van der Waals surface area (Å²) in [5, 5.41) is 3.29. The molecule has 1 N–H and O–H groups in total. The predicted octanol–water partition coefficient (Wildman–Crippen LogP) is 3.39. The van der Waals surface area contributed by atoms with Gasteiger partial charge in [0.05, 0.1) is 25.2 Å². The fourth-order valence-corrected chi connectivity index (χ4v) is 3.03. The number of piperidine rings is 1. The first-order valence-corrected chi connectivity index (χ1v) is 8.02. The number of nitrogens with zero attached hydrogens (tertiary/aromatic N) is 3. The van der Waals surface area contributed by atoms with Crippen LogP contribution in [0, 0.1) is 0 Å². The molecule has 3 heterocycles. The Hall–Kier alpha value is -2.35. The zero-order chi connectivity index (χ0) is 17.9. The largest absolute Gasteiger partial charge is 0.494 e. The number of pyridine rings is 2. The molecule has 5 nitrogen and oxygen atoms in total. The van der Waals surface area contributed by atoms with E-state index in [2.05, 4.69) is 15.3 Å². The summed E-state index contributed by atoms with van der Waals surface area (Å²) < 4.78 is 43.8. The summed E-state index contributed by atoms with van der Waals surface area (Å²) in [6.07, 6.45) is 1.81. The van der Waals surface area contributed by atoms with E-state index in [-0.39, 0.29) is 6.04 Å². The Labute approximate surface area is 143 Å². The normalized spacial score (nSPS) is 15.8. The van der Waals surface area contributed by atoms with Gasteiger partial charge in [-0.2, -0.15) is 13.2 Å². The topological polar surface area (TPSA) is 50.3 Å². The highest BCUT2D eigenvalue weighted by molar-refractivity contribution is 5.68. The van der Waals surface area contributed by atoms with Crippen LogP contribution in [0.15, 0.2) is 36.8 Å². The molecule has 0 amide bonds. The molecule has 0 bridgehead atoms. The molecule has 1 saturated heterocycles. The second kappa shape index (κ2) is 7.26. The average molecular weight is 352 g/mol. The molecule has 134 valence electrons. The molecule has 0 atom stereocenters. The van der Waals surface area contributed by atoms with Crippen LogP contribution in [-0.2, 0) is 6.18 Å². The van der Waals surface area contributed by atoms with Crippen molar-refractivity contribution in [2.24, 2.45) is 0 Å². The van der Waals surface area contributed by atoms with Crippen molar-refractivity contribution in [3.8, 4) is 5.75 Å². The quantitative estimate of drug-likeness (QED) is 0.914. The number of anilines is 2. The Morgan fingerprint density at radius 1 is 1.16 bits per heavy atom. The number of ether oxygens (including phenoxy) is 1. The Kier molecular flexibility index (Phi) is 5.08. The Bertz CT molecular complexity index is 700. The molecule has 8 heteroatoms. The molecule has 0 aliphatic carbocycles. The molecule has 2 aromatic heterocycles. The van der Waals surface area contributed by atoms with Crippen LogP contribution in [0.5, 0.6) is 5.75 Å². The smallest absolute Gasteiger partial charge is 0.433 e. The standard InChI is InChI=1S/C17H19F3N4O/c1-25-15-6-9-22-11-14(15)24(12-4-7-21-8-5-12)13-2-3-16(23-10-13)17(18,19)20/h2-3,6,9-12,21H,4-5,7-8H2,1H3. The van der Waals surface area contributed by atoms with Crippen LogP contribution >= 0.6 is 0 Å². The Morgan fingerprint density at radius 2 is 1.92 bits per heavy atom. The van der Waals surface area contributed by atoms with E-state index in [9.17, 15) is 13.2 Å². The van der Waals surface area contributed by atoms with Gasteiger partial charge in [-0.1, -0.05) is 0 Å². The van der Waals surface area contributed by atoms with E-state index in [0.717, 1.165) is 37.7 Å². The minimum atomic E-state index is -4.45. The van der Waals surface area contributed by atoms with Gasteiger partial charge in [0, 0.05) is 18.3 Å². The number of hydrogen-bond donors (Lipinski definition) is 1. The Balaban J connectivity index is 2.02. The molecular weight excluding hydrogens is 333 g/mol. The molecule has 2 aromatic rings. The van der Waals surface area contributed by atoms with E-state index in [1.54, 1.807) is 25.6 Å². The van der Waals surface area contributed by atoms with Gasteiger partial charge in [-0.3, -0.25) is 4.98 Å². The lowest BCUT2D eigenvalue weighted by atomic mass is 10.0. The van der Waals surface area contributed by atoms with Crippen LogP contribution in [0.3, 0.4) is 0 Å². The summed E-state index contributed by atoms with van der Waals surface area (Å²) in [6.45, 7) is 1.69. The van der Waals surface area contributed by atoms with Crippen molar-refractivity contribution < 1.29 is 17.9 Å². The zero-order valence-corrected chi connectivity index (χ0v) is 13.8. The fourth-order valence-electron chi connectivity index (χ4n) is 3.03. The maximum absolute atomic E-state index is 12.8. The van der Waals surface area contributed by atoms with Gasteiger partial charge in [0.15, 0.2) is 0 Å². The van der Waals surface area contributed by atoms with Crippen LogP contribution in [-0.4, -0.2) is 36.2 Å². The van der Waals surface area contributed by atoms with Gasteiger partial charge in [-0.15, -0.1) is 0 Å². The first-order valence-electron chi connectivity index (χ1n) is 8.02. The van der Waals surface area contributed by atoms with Crippen molar-refractivity contribution in [1.29, 1.82) is 0 Å². The van der Waals surface area contributed by atoms with E-state index < -0.39 is 11.9 Å². The molecule has 3 rings (SSSR count). The number of alkyl halides is 3. The predicted molar refractivity (Wildman–Crippen MR) is 88.1 cm³/mol.